The normalized spacial score (nSPS) is 13.8. The average molecular weight is 353 g/mol. The van der Waals surface area contributed by atoms with E-state index in [4.69, 9.17) is 4.74 Å². The average Bonchev–Trinajstić information content (AvgIpc) is 2.45. The van der Waals surface area contributed by atoms with Gasteiger partial charge in [-0.05, 0) is 63.8 Å². The number of carbonyl (C=O) groups is 2. The Kier molecular flexibility index (Phi) is 6.96. The summed E-state index contributed by atoms with van der Waals surface area (Å²) in [5.74, 6) is -1.35. The highest BCUT2D eigenvalue weighted by Crippen LogP contribution is 2.30. The minimum absolute atomic E-state index is 0.0537. The number of aliphatic carboxylic acids is 1. The standard InChI is InChI=1S/C19H28FNO4/c1-6-9-19(16(22)23,12-21-17(24)25-18(3,4)5)11-14-7-8-15(20)10-13(14)2/h7-8,10H,6,9,11-12H2,1-5H3,(H,21,24)(H,22,23). The monoisotopic (exact) mass is 353 g/mol. The number of rotatable bonds is 7. The molecule has 0 aliphatic carbocycles. The Morgan fingerprint density at radius 3 is 2.40 bits per heavy atom. The van der Waals surface area contributed by atoms with E-state index in [1.165, 1.54) is 12.1 Å². The van der Waals surface area contributed by atoms with Gasteiger partial charge in [0.15, 0.2) is 0 Å². The largest absolute Gasteiger partial charge is 0.481 e. The van der Waals surface area contributed by atoms with E-state index in [0.717, 1.165) is 5.56 Å². The van der Waals surface area contributed by atoms with E-state index >= 15 is 0 Å². The molecule has 1 unspecified atom stereocenters. The van der Waals surface area contributed by atoms with Crippen molar-refractivity contribution in [3.05, 3.63) is 35.1 Å². The maximum Gasteiger partial charge on any atom is 0.407 e. The zero-order chi connectivity index (χ0) is 19.3. The molecule has 0 spiro atoms. The molecule has 0 radical (unpaired) electrons. The van der Waals surface area contributed by atoms with Gasteiger partial charge in [-0.2, -0.15) is 0 Å². The van der Waals surface area contributed by atoms with E-state index in [-0.39, 0.29) is 18.8 Å². The van der Waals surface area contributed by atoms with Gasteiger partial charge in [0.25, 0.3) is 0 Å². The topological polar surface area (TPSA) is 75.6 Å². The van der Waals surface area contributed by atoms with Crippen LogP contribution in [-0.4, -0.2) is 29.3 Å². The van der Waals surface area contributed by atoms with Crippen LogP contribution in [0.5, 0.6) is 0 Å². The second-order valence-electron chi connectivity index (χ2n) is 7.44. The van der Waals surface area contributed by atoms with Gasteiger partial charge in [-0.1, -0.05) is 19.4 Å². The number of alkyl carbamates (subject to hydrolysis) is 1. The summed E-state index contributed by atoms with van der Waals surface area (Å²) >= 11 is 0. The van der Waals surface area contributed by atoms with Crippen LogP contribution < -0.4 is 5.32 Å². The fourth-order valence-electron chi connectivity index (χ4n) is 2.75. The number of hydrogen-bond donors (Lipinski definition) is 2. The molecule has 1 aromatic carbocycles. The summed E-state index contributed by atoms with van der Waals surface area (Å²) in [7, 11) is 0. The number of carboxylic acid groups (broad SMARTS) is 1. The molecule has 2 N–H and O–H groups in total. The Hall–Kier alpha value is -2.11. The van der Waals surface area contributed by atoms with E-state index in [1.54, 1.807) is 33.8 Å². The molecule has 1 rings (SSSR count). The number of hydrogen-bond acceptors (Lipinski definition) is 3. The Morgan fingerprint density at radius 1 is 1.28 bits per heavy atom. The molecule has 5 nitrogen and oxygen atoms in total. The van der Waals surface area contributed by atoms with Gasteiger partial charge in [0.05, 0.1) is 5.41 Å². The first kappa shape index (κ1) is 20.9. The highest BCUT2D eigenvalue weighted by molar-refractivity contribution is 5.77. The van der Waals surface area contributed by atoms with Crippen molar-refractivity contribution >= 4 is 12.1 Å². The molecule has 0 heterocycles. The number of ether oxygens (including phenoxy) is 1. The zero-order valence-corrected chi connectivity index (χ0v) is 15.6. The summed E-state index contributed by atoms with van der Waals surface area (Å²) in [6, 6.07) is 4.31. The number of amides is 1. The Balaban J connectivity index is 3.01. The molecule has 0 saturated carbocycles. The fourth-order valence-corrected chi connectivity index (χ4v) is 2.75. The van der Waals surface area contributed by atoms with E-state index in [0.29, 0.717) is 18.4 Å². The highest BCUT2D eigenvalue weighted by atomic mass is 19.1. The minimum atomic E-state index is -1.17. The lowest BCUT2D eigenvalue weighted by Gasteiger charge is -2.31. The first-order valence-electron chi connectivity index (χ1n) is 8.44. The van der Waals surface area contributed by atoms with Crippen molar-refractivity contribution in [2.75, 3.05) is 6.54 Å². The number of carbonyl (C=O) groups excluding carboxylic acids is 1. The van der Waals surface area contributed by atoms with Gasteiger partial charge in [-0.15, -0.1) is 0 Å². The third-order valence-electron chi connectivity index (χ3n) is 3.99. The van der Waals surface area contributed by atoms with Crippen molar-refractivity contribution in [2.24, 2.45) is 5.41 Å². The van der Waals surface area contributed by atoms with Crippen LogP contribution in [0.25, 0.3) is 0 Å². The van der Waals surface area contributed by atoms with Gasteiger partial charge in [0.1, 0.15) is 11.4 Å². The fraction of sp³-hybridized carbons (Fsp3) is 0.579. The predicted molar refractivity (Wildman–Crippen MR) is 94.1 cm³/mol. The van der Waals surface area contributed by atoms with Crippen molar-refractivity contribution in [2.45, 2.75) is 59.5 Å². The summed E-state index contributed by atoms with van der Waals surface area (Å²) in [5, 5.41) is 12.4. The third-order valence-corrected chi connectivity index (χ3v) is 3.99. The highest BCUT2D eigenvalue weighted by Gasteiger charge is 2.39. The van der Waals surface area contributed by atoms with Gasteiger partial charge >= 0.3 is 12.1 Å². The van der Waals surface area contributed by atoms with Crippen LogP contribution in [-0.2, 0) is 16.0 Å². The summed E-state index contributed by atoms with van der Waals surface area (Å²) in [6.07, 6.45) is 0.584. The van der Waals surface area contributed by atoms with Gasteiger partial charge in [-0.25, -0.2) is 9.18 Å². The lowest BCUT2D eigenvalue weighted by molar-refractivity contribution is -0.149. The molecular weight excluding hydrogens is 325 g/mol. The van der Waals surface area contributed by atoms with Crippen molar-refractivity contribution in [3.8, 4) is 0 Å². The molecule has 25 heavy (non-hydrogen) atoms. The van der Waals surface area contributed by atoms with Crippen LogP contribution in [0.3, 0.4) is 0 Å². The molecule has 0 saturated heterocycles. The van der Waals surface area contributed by atoms with E-state index in [2.05, 4.69) is 5.32 Å². The predicted octanol–water partition coefficient (Wildman–Crippen LogP) is 4.07. The molecule has 0 fully saturated rings. The van der Waals surface area contributed by atoms with Gasteiger partial charge < -0.3 is 15.2 Å². The molecule has 0 aliphatic heterocycles. The van der Waals surface area contributed by atoms with E-state index in [9.17, 15) is 19.1 Å². The van der Waals surface area contributed by atoms with Crippen LogP contribution in [0.1, 0.15) is 51.7 Å². The summed E-state index contributed by atoms with van der Waals surface area (Å²) < 4.78 is 18.5. The molecule has 1 atom stereocenters. The number of carboxylic acids is 1. The van der Waals surface area contributed by atoms with Crippen LogP contribution in [0, 0.1) is 18.2 Å². The number of halogens is 1. The van der Waals surface area contributed by atoms with Gasteiger partial charge in [0.2, 0.25) is 0 Å². The summed E-state index contributed by atoms with van der Waals surface area (Å²) in [5.41, 5.74) is -0.384. The minimum Gasteiger partial charge on any atom is -0.481 e. The van der Waals surface area contributed by atoms with Crippen LogP contribution in [0.15, 0.2) is 18.2 Å². The van der Waals surface area contributed by atoms with Crippen molar-refractivity contribution < 1.29 is 23.8 Å². The zero-order valence-electron chi connectivity index (χ0n) is 15.6. The summed E-state index contributed by atoms with van der Waals surface area (Å²) in [4.78, 5) is 23.9. The number of nitrogens with one attached hydrogen (secondary N) is 1. The number of aryl methyl sites for hydroxylation is 1. The lowest BCUT2D eigenvalue weighted by atomic mass is 9.77. The molecule has 0 bridgehead atoms. The Bertz CT molecular complexity index is 624. The first-order valence-corrected chi connectivity index (χ1v) is 8.44. The smallest absolute Gasteiger partial charge is 0.407 e. The number of benzene rings is 1. The molecule has 6 heteroatoms. The SMILES string of the molecule is CCCC(CNC(=O)OC(C)(C)C)(Cc1ccc(F)cc1C)C(=O)O. The molecule has 140 valence electrons. The molecule has 0 aromatic heterocycles. The second-order valence-corrected chi connectivity index (χ2v) is 7.44. The van der Waals surface area contributed by atoms with Crippen LogP contribution >= 0.6 is 0 Å². The van der Waals surface area contributed by atoms with Gasteiger partial charge in [0, 0.05) is 6.54 Å². The van der Waals surface area contributed by atoms with Crippen molar-refractivity contribution in [3.63, 3.8) is 0 Å². The van der Waals surface area contributed by atoms with Crippen LogP contribution in [0.2, 0.25) is 0 Å². The molecule has 1 aromatic rings. The maximum atomic E-state index is 13.3. The van der Waals surface area contributed by atoms with Gasteiger partial charge in [-0.3, -0.25) is 4.79 Å². The summed E-state index contributed by atoms with van der Waals surface area (Å²) in [6.45, 7) is 8.81. The lowest BCUT2D eigenvalue weighted by Crippen LogP contribution is -2.46. The van der Waals surface area contributed by atoms with Crippen LogP contribution in [0.4, 0.5) is 9.18 Å². The Morgan fingerprint density at radius 2 is 1.92 bits per heavy atom. The molecule has 1 amide bonds. The molecule has 0 aliphatic rings. The van der Waals surface area contributed by atoms with E-state index in [1.807, 2.05) is 6.92 Å². The Labute approximate surface area is 148 Å². The van der Waals surface area contributed by atoms with E-state index < -0.39 is 23.1 Å². The first-order chi connectivity index (χ1) is 11.5. The maximum absolute atomic E-state index is 13.3. The third kappa shape index (κ3) is 6.36. The van der Waals surface area contributed by atoms with Crippen molar-refractivity contribution in [1.29, 1.82) is 0 Å². The quantitative estimate of drug-likeness (QED) is 0.775. The van der Waals surface area contributed by atoms with Crippen molar-refractivity contribution in [1.82, 2.24) is 5.32 Å². The molecular formula is C19H28FNO4. The second kappa shape index (κ2) is 8.32.